The van der Waals surface area contributed by atoms with Crippen LogP contribution in [0.15, 0.2) is 135 Å². The summed E-state index contributed by atoms with van der Waals surface area (Å²) >= 11 is 0. The number of para-hydroxylation sites is 2. The Balaban J connectivity index is 0.000000260. The predicted molar refractivity (Wildman–Crippen MR) is 174 cm³/mol. The summed E-state index contributed by atoms with van der Waals surface area (Å²) in [6, 6.07) is 29.6. The van der Waals surface area contributed by atoms with Crippen LogP contribution in [-0.2, 0) is 22.2 Å². The van der Waals surface area contributed by atoms with Gasteiger partial charge in [-0.25, -0.2) is 14.3 Å². The van der Waals surface area contributed by atoms with Crippen molar-refractivity contribution < 1.29 is 76.6 Å². The average molecular weight is 719 g/mol. The van der Waals surface area contributed by atoms with Crippen LogP contribution in [0.1, 0.15) is 33.3 Å². The van der Waals surface area contributed by atoms with Gasteiger partial charge >= 0.3 is 41.5 Å². The first-order valence-electron chi connectivity index (χ1n) is 14.4. The van der Waals surface area contributed by atoms with E-state index < -0.39 is 23.9 Å². The van der Waals surface area contributed by atoms with E-state index in [4.69, 9.17) is 10.2 Å². The van der Waals surface area contributed by atoms with Gasteiger partial charge in [-0.1, -0.05) is 60.7 Å². The first-order valence-corrected chi connectivity index (χ1v) is 14.4. The number of nitrogens with zero attached hydrogens (tertiary/aromatic N) is 8. The van der Waals surface area contributed by atoms with Crippen molar-refractivity contribution in [3.8, 4) is 11.6 Å². The maximum atomic E-state index is 12.5. The number of hydrogen-bond acceptors (Lipinski definition) is 10. The Morgan fingerprint density at radius 2 is 1.20 bits per heavy atom. The number of benzene rings is 4. The molecule has 1 aromatic heterocycles. The molecule has 0 saturated carbocycles. The zero-order valence-electron chi connectivity index (χ0n) is 27.0. The Morgan fingerprint density at radius 3 is 1.74 bits per heavy atom. The molecule has 246 valence electrons. The van der Waals surface area contributed by atoms with Gasteiger partial charge in [0, 0.05) is 23.2 Å². The first-order chi connectivity index (χ1) is 23.2. The number of aromatic nitrogens is 2. The number of carboxylic acids is 2. The summed E-state index contributed by atoms with van der Waals surface area (Å²) < 4.78 is 1.24. The third-order valence-corrected chi connectivity index (χ3v) is 6.89. The molecule has 4 aromatic carbocycles. The third-order valence-electron chi connectivity index (χ3n) is 6.89. The molecule has 1 atom stereocenters. The van der Waals surface area contributed by atoms with Crippen LogP contribution in [0.2, 0.25) is 0 Å². The molecule has 1 unspecified atom stereocenters. The van der Waals surface area contributed by atoms with Crippen molar-refractivity contribution in [2.45, 2.75) is 19.9 Å². The van der Waals surface area contributed by atoms with Crippen molar-refractivity contribution in [3.63, 3.8) is 0 Å². The minimum absolute atomic E-state index is 0. The Labute approximate surface area is 318 Å². The van der Waals surface area contributed by atoms with Crippen LogP contribution in [-0.4, -0.2) is 49.6 Å². The zero-order valence-corrected chi connectivity index (χ0v) is 30.3. The Bertz CT molecular complexity index is 2070. The third kappa shape index (κ3) is 9.03. The predicted octanol–water partition coefficient (Wildman–Crippen LogP) is 3.63. The molecule has 0 fully saturated rings. The summed E-state index contributed by atoms with van der Waals surface area (Å²) in [5.41, 5.74) is 2.69. The minimum atomic E-state index is -1.11. The van der Waals surface area contributed by atoms with Crippen LogP contribution in [0.3, 0.4) is 0 Å². The molecule has 0 spiro atoms. The molecular formula is C34H27CrN8NaO6. The topological polar surface area (TPSA) is 198 Å². The molecule has 2 heterocycles. The molecule has 1 amide bonds. The number of hydrazone groups is 1. The van der Waals surface area contributed by atoms with Crippen LogP contribution in [0.4, 0.5) is 22.7 Å². The van der Waals surface area contributed by atoms with Gasteiger partial charge in [0.15, 0.2) is 6.04 Å². The number of carboxylic acid groups (broad SMARTS) is 2. The van der Waals surface area contributed by atoms with E-state index in [0.717, 1.165) is 0 Å². The number of amides is 1. The summed E-state index contributed by atoms with van der Waals surface area (Å²) in [4.78, 5) is 34.9. The van der Waals surface area contributed by atoms with Crippen molar-refractivity contribution >= 4 is 46.3 Å². The van der Waals surface area contributed by atoms with Crippen molar-refractivity contribution in [3.05, 3.63) is 126 Å². The summed E-state index contributed by atoms with van der Waals surface area (Å²) in [6.45, 7) is 3.34. The SMILES string of the molecule is CC1=NN(c2ccccc2)C(=O)C1N=Nc1ccccc1C(=O)O.Cc1nn(-c2ccccc2)c([O-])c1N=Nc1ccccc1C(=O)O.[Cr].[Na+]. The van der Waals surface area contributed by atoms with Crippen molar-refractivity contribution in [2.24, 2.45) is 25.6 Å². The number of hydrogen-bond donors (Lipinski definition) is 2. The maximum absolute atomic E-state index is 12.5. The molecule has 2 N–H and O–H groups in total. The Kier molecular flexibility index (Phi) is 14.0. The quantitative estimate of drug-likeness (QED) is 0.180. The molecule has 6 rings (SSSR count). The van der Waals surface area contributed by atoms with Crippen molar-refractivity contribution in [2.75, 3.05) is 5.01 Å². The van der Waals surface area contributed by atoms with Gasteiger partial charge < -0.3 is 15.3 Å². The van der Waals surface area contributed by atoms with Crippen LogP contribution in [0, 0.1) is 6.92 Å². The normalized spacial score (nSPS) is 13.6. The molecule has 0 bridgehead atoms. The fraction of sp³-hybridized carbons (Fsp3) is 0.0882. The summed E-state index contributed by atoms with van der Waals surface area (Å²) in [5, 5.41) is 56.3. The van der Waals surface area contributed by atoms with Gasteiger partial charge in [-0.15, -0.1) is 10.2 Å². The number of aromatic carboxylic acids is 2. The monoisotopic (exact) mass is 718 g/mol. The van der Waals surface area contributed by atoms with Crippen LogP contribution in [0.25, 0.3) is 5.69 Å². The largest absolute Gasteiger partial charge is 1.00 e. The van der Waals surface area contributed by atoms with E-state index in [1.54, 1.807) is 74.5 Å². The smallest absolute Gasteiger partial charge is 0.857 e. The maximum Gasteiger partial charge on any atom is 1.00 e. The van der Waals surface area contributed by atoms with E-state index in [1.165, 1.54) is 34.0 Å². The number of azo groups is 2. The molecule has 50 heavy (non-hydrogen) atoms. The standard InChI is InChI=1S/2C17H14N4O3.Cr.Na/c2*1-11-15(16(22)21(20-11)12-7-3-2-4-8-12)19-18-14-10-6-5-9-13(14)17(23)24;;/h2-10,22H,1H3,(H,23,24);2-10,15H,1H3,(H,23,24);;/q;;;+1/p-1. The Morgan fingerprint density at radius 1 is 0.720 bits per heavy atom. The molecule has 0 aliphatic carbocycles. The number of carbonyl (C=O) groups is 3. The van der Waals surface area contributed by atoms with Crippen LogP contribution in [0.5, 0.6) is 5.88 Å². The van der Waals surface area contributed by atoms with E-state index in [1.807, 2.05) is 24.3 Å². The number of anilines is 1. The van der Waals surface area contributed by atoms with Gasteiger partial charge in [-0.3, -0.25) is 4.79 Å². The van der Waals surface area contributed by atoms with Gasteiger partial charge in [-0.05, 0) is 62.4 Å². The van der Waals surface area contributed by atoms with E-state index in [-0.39, 0.29) is 81.0 Å². The molecule has 0 radical (unpaired) electrons. The van der Waals surface area contributed by atoms with E-state index in [0.29, 0.717) is 22.8 Å². The molecule has 5 aromatic rings. The van der Waals surface area contributed by atoms with E-state index in [9.17, 15) is 19.5 Å². The van der Waals surface area contributed by atoms with Crippen molar-refractivity contribution in [1.82, 2.24) is 9.78 Å². The first kappa shape index (κ1) is 39.1. The van der Waals surface area contributed by atoms with Gasteiger partial charge in [0.1, 0.15) is 11.4 Å². The average Bonchev–Trinajstić information content (AvgIpc) is 3.55. The van der Waals surface area contributed by atoms with Crippen LogP contribution < -0.4 is 39.7 Å². The van der Waals surface area contributed by atoms with Crippen LogP contribution >= 0.6 is 0 Å². The number of aryl methyl sites for hydroxylation is 1. The molecular weight excluding hydrogens is 691 g/mol. The molecule has 1 aliphatic rings. The molecule has 1 aliphatic heterocycles. The van der Waals surface area contributed by atoms with Crippen molar-refractivity contribution in [1.29, 1.82) is 0 Å². The fourth-order valence-electron chi connectivity index (χ4n) is 4.51. The molecule has 0 saturated heterocycles. The summed E-state index contributed by atoms with van der Waals surface area (Å²) in [6.07, 6.45) is 0. The van der Waals surface area contributed by atoms with E-state index >= 15 is 0 Å². The number of carbonyl (C=O) groups excluding carboxylic acids is 1. The molecule has 14 nitrogen and oxygen atoms in total. The van der Waals surface area contributed by atoms with Gasteiger partial charge in [0.05, 0.1) is 39.6 Å². The summed E-state index contributed by atoms with van der Waals surface area (Å²) in [5.74, 6) is -2.94. The van der Waals surface area contributed by atoms with Gasteiger partial charge in [-0.2, -0.15) is 25.4 Å². The fourth-order valence-corrected chi connectivity index (χ4v) is 4.51. The second-order valence-corrected chi connectivity index (χ2v) is 10.2. The van der Waals surface area contributed by atoms with E-state index in [2.05, 4.69) is 30.7 Å². The number of rotatable bonds is 8. The van der Waals surface area contributed by atoms with Gasteiger partial charge in [0.25, 0.3) is 5.91 Å². The summed E-state index contributed by atoms with van der Waals surface area (Å²) in [7, 11) is 0. The second kappa shape index (κ2) is 17.9. The minimum Gasteiger partial charge on any atom is -0.857 e. The second-order valence-electron chi connectivity index (χ2n) is 10.2. The molecule has 16 heteroatoms. The van der Waals surface area contributed by atoms with Gasteiger partial charge in [0.2, 0.25) is 0 Å². The zero-order chi connectivity index (χ0) is 34.2. The Hall–Kier alpha value is -5.30.